The Labute approximate surface area is 146 Å². The molecule has 4 nitrogen and oxygen atoms in total. The Bertz CT molecular complexity index is 868. The van der Waals surface area contributed by atoms with Crippen LogP contribution in [0, 0.1) is 12.7 Å². The Balaban J connectivity index is 2.59. The van der Waals surface area contributed by atoms with Gasteiger partial charge in [-0.2, -0.15) is 0 Å². The molecule has 24 heavy (non-hydrogen) atoms. The highest BCUT2D eigenvalue weighted by molar-refractivity contribution is 7.92. The summed E-state index contributed by atoms with van der Waals surface area (Å²) in [7, 11) is -2.68. The van der Waals surface area contributed by atoms with E-state index in [9.17, 15) is 12.8 Å². The van der Waals surface area contributed by atoms with Crippen LogP contribution < -0.4 is 9.04 Å². The first kappa shape index (κ1) is 18.3. The van der Waals surface area contributed by atoms with Gasteiger partial charge in [-0.05, 0) is 42.8 Å². The zero-order chi connectivity index (χ0) is 17.9. The number of hydrogen-bond donors (Lipinski definition) is 0. The predicted octanol–water partition coefficient (Wildman–Crippen LogP) is 4.18. The number of ether oxygens (including phenoxy) is 1. The SMILES string of the molecule is C=CCN(c1cc(Cl)ccc1C)S(=O)(=O)c1ccc(OC)c(F)c1. The highest BCUT2D eigenvalue weighted by atomic mass is 35.5. The van der Waals surface area contributed by atoms with Gasteiger partial charge in [0.25, 0.3) is 10.0 Å². The molecular formula is C17H17ClFNO3S. The van der Waals surface area contributed by atoms with Crippen LogP contribution in [0.25, 0.3) is 0 Å². The molecule has 0 spiro atoms. The van der Waals surface area contributed by atoms with Crippen LogP contribution in [0.2, 0.25) is 5.02 Å². The minimum atomic E-state index is -4.00. The van der Waals surface area contributed by atoms with E-state index in [4.69, 9.17) is 16.3 Å². The summed E-state index contributed by atoms with van der Waals surface area (Å²) in [6.07, 6.45) is 1.46. The minimum absolute atomic E-state index is 0.0249. The first-order chi connectivity index (χ1) is 11.3. The van der Waals surface area contributed by atoms with E-state index < -0.39 is 15.8 Å². The van der Waals surface area contributed by atoms with Crippen LogP contribution in [0.1, 0.15) is 5.56 Å². The molecule has 0 radical (unpaired) electrons. The summed E-state index contributed by atoms with van der Waals surface area (Å²) in [6, 6.07) is 8.46. The number of benzene rings is 2. The Hall–Kier alpha value is -2.05. The summed E-state index contributed by atoms with van der Waals surface area (Å²) in [5.41, 5.74) is 1.14. The molecule has 0 aliphatic heterocycles. The molecule has 0 aliphatic rings. The van der Waals surface area contributed by atoms with Crippen molar-refractivity contribution in [3.63, 3.8) is 0 Å². The largest absolute Gasteiger partial charge is 0.494 e. The lowest BCUT2D eigenvalue weighted by Gasteiger charge is -2.25. The van der Waals surface area contributed by atoms with Gasteiger partial charge >= 0.3 is 0 Å². The molecule has 0 saturated heterocycles. The third kappa shape index (κ3) is 3.55. The second-order valence-corrected chi connectivity index (χ2v) is 7.35. The van der Waals surface area contributed by atoms with E-state index in [1.54, 1.807) is 25.1 Å². The minimum Gasteiger partial charge on any atom is -0.494 e. The first-order valence-corrected chi connectivity index (χ1v) is 8.86. The molecule has 0 atom stereocenters. The standard InChI is InChI=1S/C17H17ClFNO3S/c1-4-9-20(16-10-13(18)6-5-12(16)2)24(21,22)14-7-8-17(23-3)15(19)11-14/h4-8,10-11H,1,9H2,2-3H3. The highest BCUT2D eigenvalue weighted by Crippen LogP contribution is 2.30. The van der Waals surface area contributed by atoms with Crippen LogP contribution >= 0.6 is 11.6 Å². The Morgan fingerprint density at radius 1 is 1.29 bits per heavy atom. The summed E-state index contributed by atoms with van der Waals surface area (Å²) < 4.78 is 45.8. The molecule has 0 amide bonds. The van der Waals surface area contributed by atoms with Crippen molar-refractivity contribution < 1.29 is 17.5 Å². The fraction of sp³-hybridized carbons (Fsp3) is 0.176. The molecule has 0 aliphatic carbocycles. The van der Waals surface area contributed by atoms with Gasteiger partial charge in [0, 0.05) is 5.02 Å². The maximum Gasteiger partial charge on any atom is 0.264 e. The molecule has 2 aromatic rings. The number of methoxy groups -OCH3 is 1. The van der Waals surface area contributed by atoms with Crippen molar-refractivity contribution in [1.29, 1.82) is 0 Å². The second kappa shape index (κ2) is 7.23. The van der Waals surface area contributed by atoms with Crippen LogP contribution in [0.3, 0.4) is 0 Å². The molecule has 128 valence electrons. The van der Waals surface area contributed by atoms with Crippen molar-refractivity contribution in [2.75, 3.05) is 18.0 Å². The number of hydrogen-bond acceptors (Lipinski definition) is 3. The molecule has 2 rings (SSSR count). The monoisotopic (exact) mass is 369 g/mol. The van der Waals surface area contributed by atoms with Crippen molar-refractivity contribution in [2.24, 2.45) is 0 Å². The molecule has 0 heterocycles. The van der Waals surface area contributed by atoms with E-state index >= 15 is 0 Å². The van der Waals surface area contributed by atoms with Crippen LogP contribution in [0.4, 0.5) is 10.1 Å². The van der Waals surface area contributed by atoms with Gasteiger partial charge in [0.2, 0.25) is 0 Å². The third-order valence-corrected chi connectivity index (χ3v) is 5.46. The van der Waals surface area contributed by atoms with E-state index in [1.165, 1.54) is 25.3 Å². The van der Waals surface area contributed by atoms with E-state index in [-0.39, 0.29) is 17.2 Å². The maximum atomic E-state index is 13.9. The smallest absolute Gasteiger partial charge is 0.264 e. The lowest BCUT2D eigenvalue weighted by atomic mass is 10.2. The zero-order valence-electron chi connectivity index (χ0n) is 13.3. The summed E-state index contributed by atoms with van der Waals surface area (Å²) >= 11 is 6.00. The van der Waals surface area contributed by atoms with Crippen molar-refractivity contribution in [1.82, 2.24) is 0 Å². The van der Waals surface area contributed by atoms with Gasteiger partial charge in [-0.1, -0.05) is 23.7 Å². The predicted molar refractivity (Wildman–Crippen MR) is 93.9 cm³/mol. The van der Waals surface area contributed by atoms with Gasteiger partial charge < -0.3 is 4.74 Å². The summed E-state index contributed by atoms with van der Waals surface area (Å²) in [6.45, 7) is 5.39. The Morgan fingerprint density at radius 3 is 2.58 bits per heavy atom. The van der Waals surface area contributed by atoms with Crippen molar-refractivity contribution >= 4 is 27.3 Å². The fourth-order valence-corrected chi connectivity index (χ4v) is 3.90. The lowest BCUT2D eigenvalue weighted by Crippen LogP contribution is -2.31. The van der Waals surface area contributed by atoms with Gasteiger partial charge in [-0.15, -0.1) is 6.58 Å². The third-order valence-electron chi connectivity index (χ3n) is 3.45. The molecule has 0 unspecified atom stereocenters. The van der Waals surface area contributed by atoms with Gasteiger partial charge in [-0.25, -0.2) is 12.8 Å². The molecule has 0 bridgehead atoms. The zero-order valence-corrected chi connectivity index (χ0v) is 14.9. The molecule has 7 heteroatoms. The van der Waals surface area contributed by atoms with Gasteiger partial charge in [0.1, 0.15) is 0 Å². The van der Waals surface area contributed by atoms with E-state index in [0.717, 1.165) is 15.9 Å². The average molecular weight is 370 g/mol. The van der Waals surface area contributed by atoms with Crippen molar-refractivity contribution in [3.05, 3.63) is 65.5 Å². The second-order valence-electron chi connectivity index (χ2n) is 5.05. The quantitative estimate of drug-likeness (QED) is 0.718. The van der Waals surface area contributed by atoms with Gasteiger partial charge in [0.05, 0.1) is 24.2 Å². The van der Waals surface area contributed by atoms with E-state index in [2.05, 4.69) is 6.58 Å². The van der Waals surface area contributed by atoms with Gasteiger partial charge in [0.15, 0.2) is 11.6 Å². The molecule has 2 aromatic carbocycles. The highest BCUT2D eigenvalue weighted by Gasteiger charge is 2.26. The first-order valence-electron chi connectivity index (χ1n) is 7.04. The Kier molecular flexibility index (Phi) is 5.51. The van der Waals surface area contributed by atoms with Crippen LogP contribution in [0.5, 0.6) is 5.75 Å². The normalized spacial score (nSPS) is 11.2. The maximum absolute atomic E-state index is 13.9. The van der Waals surface area contributed by atoms with Gasteiger partial charge in [-0.3, -0.25) is 4.31 Å². The average Bonchev–Trinajstić information content (AvgIpc) is 2.54. The summed E-state index contributed by atoms with van der Waals surface area (Å²) in [4.78, 5) is -0.179. The fourth-order valence-electron chi connectivity index (χ4n) is 2.23. The molecule has 0 aromatic heterocycles. The number of anilines is 1. The van der Waals surface area contributed by atoms with Crippen molar-refractivity contribution in [3.8, 4) is 5.75 Å². The van der Waals surface area contributed by atoms with E-state index in [0.29, 0.717) is 10.7 Å². The van der Waals surface area contributed by atoms with Crippen molar-refractivity contribution in [2.45, 2.75) is 11.8 Å². The topological polar surface area (TPSA) is 46.6 Å². The summed E-state index contributed by atoms with van der Waals surface area (Å²) in [5, 5.41) is 0.403. The number of sulfonamides is 1. The number of aryl methyl sites for hydroxylation is 1. The number of nitrogens with zero attached hydrogens (tertiary/aromatic N) is 1. The van der Waals surface area contributed by atoms with Crippen LogP contribution in [-0.2, 0) is 10.0 Å². The Morgan fingerprint density at radius 2 is 2.00 bits per heavy atom. The number of halogens is 2. The van der Waals surface area contributed by atoms with Crippen LogP contribution in [0.15, 0.2) is 53.9 Å². The molecule has 0 fully saturated rings. The lowest BCUT2D eigenvalue weighted by molar-refractivity contribution is 0.385. The number of rotatable bonds is 6. The van der Waals surface area contributed by atoms with E-state index in [1.807, 2.05) is 0 Å². The van der Waals surface area contributed by atoms with Crippen LogP contribution in [-0.4, -0.2) is 22.1 Å². The molecule has 0 saturated carbocycles. The molecular weight excluding hydrogens is 353 g/mol. The molecule has 0 N–H and O–H groups in total. The summed E-state index contributed by atoms with van der Waals surface area (Å²) in [5.74, 6) is -0.775.